The average molecular weight is 740 g/mol. The van der Waals surface area contributed by atoms with Crippen LogP contribution >= 0.6 is 11.6 Å². The average Bonchev–Trinajstić information content (AvgIpc) is 3.95. The summed E-state index contributed by atoms with van der Waals surface area (Å²) in [4.78, 5) is 42.5. The van der Waals surface area contributed by atoms with Gasteiger partial charge in [-0.25, -0.2) is 8.78 Å². The van der Waals surface area contributed by atoms with Crippen molar-refractivity contribution < 1.29 is 42.5 Å². The minimum atomic E-state index is -1.36. The first-order chi connectivity index (χ1) is 25.0. The maximum absolute atomic E-state index is 14.7. The Labute approximate surface area is 305 Å². The maximum Gasteiger partial charge on any atom is 0.305 e. The van der Waals surface area contributed by atoms with Gasteiger partial charge in [0.1, 0.15) is 0 Å². The molecule has 13 heteroatoms. The summed E-state index contributed by atoms with van der Waals surface area (Å²) in [6.45, 7) is 0.969. The zero-order valence-electron chi connectivity index (χ0n) is 28.5. The summed E-state index contributed by atoms with van der Waals surface area (Å²) >= 11 is 6.45. The molecular weight excluding hydrogens is 699 g/mol. The molecule has 2 amide bonds. The molecule has 0 aromatic heterocycles. The van der Waals surface area contributed by atoms with Crippen LogP contribution in [0.5, 0.6) is 5.75 Å². The lowest BCUT2D eigenvalue weighted by Gasteiger charge is -2.45. The number of nitrogens with one attached hydrogen (secondary N) is 1. The number of benzene rings is 3. The fraction of sp³-hybridized carbons (Fsp3) is 0.410. The smallest absolute Gasteiger partial charge is 0.305 e. The highest BCUT2D eigenvalue weighted by atomic mass is 35.5. The topological polar surface area (TPSA) is 119 Å². The summed E-state index contributed by atoms with van der Waals surface area (Å²) in [7, 11) is 0. The molecule has 0 radical (unpaired) electrons. The molecule has 1 saturated heterocycles. The molecule has 3 aromatic rings. The Balaban J connectivity index is 1.22. The van der Waals surface area contributed by atoms with Gasteiger partial charge in [-0.3, -0.25) is 14.4 Å². The van der Waals surface area contributed by atoms with Gasteiger partial charge in [0.05, 0.1) is 31.6 Å². The number of carboxylic acids is 1. The van der Waals surface area contributed by atoms with Gasteiger partial charge < -0.3 is 30.1 Å². The Hall–Kier alpha value is -4.39. The van der Waals surface area contributed by atoms with Crippen molar-refractivity contribution in [3.05, 3.63) is 105 Å². The summed E-state index contributed by atoms with van der Waals surface area (Å²) in [5.41, 5.74) is 4.20. The van der Waals surface area contributed by atoms with Crippen molar-refractivity contribution in [2.75, 3.05) is 26.2 Å². The third kappa shape index (κ3) is 8.97. The minimum absolute atomic E-state index is 0.0222. The van der Waals surface area contributed by atoms with Crippen molar-refractivity contribution in [2.45, 2.75) is 75.6 Å². The van der Waals surface area contributed by atoms with Gasteiger partial charge in [0, 0.05) is 42.3 Å². The molecule has 6 rings (SSSR count). The van der Waals surface area contributed by atoms with E-state index in [1.165, 1.54) is 0 Å². The van der Waals surface area contributed by atoms with Crippen LogP contribution in [0.25, 0.3) is 5.57 Å². The quantitative estimate of drug-likeness (QED) is 0.138. The monoisotopic (exact) mass is 739 g/mol. The van der Waals surface area contributed by atoms with E-state index in [2.05, 4.69) is 5.32 Å². The number of aryl methyl sites for hydroxylation is 1. The predicted molar refractivity (Wildman–Crippen MR) is 188 cm³/mol. The number of aliphatic hydroxyl groups is 1. The summed E-state index contributed by atoms with van der Waals surface area (Å²) in [6.07, 6.45) is 1.59. The SMILES string of the molecule is O=C(O)C[C@H](O)CC(=O)N1C[C@H]2CC(c3ccc(CCCOc4c(F)ccc(F)c4F)cc3)=C(C(=O)N(CCc3ccccc3Cl)C3CC3)[C@@H](C1)N2. The Kier molecular flexibility index (Phi) is 11.9. The molecule has 3 atom stereocenters. The molecule has 1 saturated carbocycles. The molecule has 3 aliphatic rings. The van der Waals surface area contributed by atoms with Crippen LogP contribution in [0.1, 0.15) is 55.2 Å². The number of hydrogen-bond donors (Lipinski definition) is 3. The van der Waals surface area contributed by atoms with E-state index in [1.807, 2.05) is 53.4 Å². The van der Waals surface area contributed by atoms with Crippen molar-refractivity contribution in [1.82, 2.24) is 15.1 Å². The summed E-state index contributed by atoms with van der Waals surface area (Å²) in [5, 5.41) is 23.4. The van der Waals surface area contributed by atoms with E-state index < -0.39 is 47.7 Å². The molecule has 276 valence electrons. The van der Waals surface area contributed by atoms with Crippen LogP contribution in [0.15, 0.2) is 66.2 Å². The predicted octanol–water partition coefficient (Wildman–Crippen LogP) is 5.55. The van der Waals surface area contributed by atoms with E-state index in [9.17, 15) is 32.7 Å². The Bertz CT molecular complexity index is 1840. The fourth-order valence-corrected chi connectivity index (χ4v) is 7.30. The molecule has 1 aliphatic carbocycles. The maximum atomic E-state index is 14.7. The second-order valence-electron chi connectivity index (χ2n) is 13.7. The first kappa shape index (κ1) is 37.4. The van der Waals surface area contributed by atoms with Gasteiger partial charge in [0.15, 0.2) is 17.4 Å². The fourth-order valence-electron chi connectivity index (χ4n) is 7.07. The molecule has 2 aliphatic heterocycles. The first-order valence-electron chi connectivity index (χ1n) is 17.5. The largest absolute Gasteiger partial charge is 0.488 e. The zero-order chi connectivity index (χ0) is 36.9. The highest BCUT2D eigenvalue weighted by molar-refractivity contribution is 6.31. The van der Waals surface area contributed by atoms with Gasteiger partial charge >= 0.3 is 5.97 Å². The van der Waals surface area contributed by atoms with Crippen LogP contribution in [-0.4, -0.2) is 88.3 Å². The van der Waals surface area contributed by atoms with Gasteiger partial charge in [-0.2, -0.15) is 4.39 Å². The number of amides is 2. The number of piperazine rings is 1. The Morgan fingerprint density at radius 2 is 1.69 bits per heavy atom. The first-order valence-corrected chi connectivity index (χ1v) is 17.9. The molecule has 2 fully saturated rings. The number of hydrogen-bond acceptors (Lipinski definition) is 6. The van der Waals surface area contributed by atoms with Crippen LogP contribution < -0.4 is 10.1 Å². The highest BCUT2D eigenvalue weighted by Gasteiger charge is 2.43. The van der Waals surface area contributed by atoms with Crippen molar-refractivity contribution in [3.63, 3.8) is 0 Å². The third-order valence-electron chi connectivity index (χ3n) is 9.80. The number of carbonyl (C=O) groups is 3. The lowest BCUT2D eigenvalue weighted by molar-refractivity contribution is -0.141. The van der Waals surface area contributed by atoms with Crippen LogP contribution in [0.2, 0.25) is 5.02 Å². The number of carbonyl (C=O) groups excluding carboxylic acids is 2. The Morgan fingerprint density at radius 1 is 0.962 bits per heavy atom. The number of aliphatic hydroxyl groups excluding tert-OH is 1. The number of ether oxygens (including phenoxy) is 1. The zero-order valence-corrected chi connectivity index (χ0v) is 29.3. The van der Waals surface area contributed by atoms with E-state index in [4.69, 9.17) is 21.4 Å². The summed E-state index contributed by atoms with van der Waals surface area (Å²) < 4.78 is 46.6. The minimum Gasteiger partial charge on any atom is -0.488 e. The van der Waals surface area contributed by atoms with Crippen LogP contribution in [0.3, 0.4) is 0 Å². The second kappa shape index (κ2) is 16.5. The normalized spacial score (nSPS) is 19.0. The molecule has 0 spiro atoms. The standard InChI is InChI=1S/C39H41ClF3N3O6/c40-30-6-2-1-5-25(30)15-16-46(27-11-12-27)39(51)36-29(18-26-21-45(22-33(36)44-26)34(48)19-28(47)20-35(49)50)24-9-7-23(8-10-24)4-3-17-52-38-32(42)14-13-31(41)37(38)43/h1-2,5-10,13-14,26-28,33,44,47H,3-4,11-12,15-22H2,(H,49,50)/t26-,28-,33-/m1/s1. The van der Waals surface area contributed by atoms with E-state index in [-0.39, 0.29) is 43.5 Å². The molecular formula is C39H41ClF3N3O6. The molecule has 2 bridgehead atoms. The lowest BCUT2D eigenvalue weighted by Crippen LogP contribution is -2.62. The van der Waals surface area contributed by atoms with Gasteiger partial charge in [0.2, 0.25) is 11.7 Å². The van der Waals surface area contributed by atoms with E-state index in [1.54, 1.807) is 4.90 Å². The van der Waals surface area contributed by atoms with Crippen molar-refractivity contribution in [2.24, 2.45) is 0 Å². The number of nitrogens with zero attached hydrogens (tertiary/aromatic N) is 2. The van der Waals surface area contributed by atoms with Gasteiger partial charge in [-0.1, -0.05) is 54.1 Å². The highest BCUT2D eigenvalue weighted by Crippen LogP contribution is 2.37. The van der Waals surface area contributed by atoms with Crippen molar-refractivity contribution in [1.29, 1.82) is 0 Å². The lowest BCUT2D eigenvalue weighted by atomic mass is 9.82. The number of rotatable bonds is 15. The van der Waals surface area contributed by atoms with Crippen LogP contribution in [0, 0.1) is 17.5 Å². The molecule has 2 heterocycles. The number of fused-ring (bicyclic) bond motifs is 2. The summed E-state index contributed by atoms with van der Waals surface area (Å²) in [6, 6.07) is 16.3. The van der Waals surface area contributed by atoms with E-state index >= 15 is 0 Å². The number of carboxylic acid groups (broad SMARTS) is 1. The van der Waals surface area contributed by atoms with Gasteiger partial charge in [0.25, 0.3) is 5.91 Å². The van der Waals surface area contributed by atoms with Crippen LogP contribution in [0.4, 0.5) is 13.2 Å². The van der Waals surface area contributed by atoms with Gasteiger partial charge in [-0.15, -0.1) is 0 Å². The number of halogens is 4. The molecule has 3 N–H and O–H groups in total. The van der Waals surface area contributed by atoms with Gasteiger partial charge in [-0.05, 0) is 79.0 Å². The van der Waals surface area contributed by atoms with Crippen molar-refractivity contribution >= 4 is 35.0 Å². The molecule has 0 unspecified atom stereocenters. The molecule has 3 aromatic carbocycles. The third-order valence-corrected chi connectivity index (χ3v) is 10.2. The number of aliphatic carboxylic acids is 1. The van der Waals surface area contributed by atoms with E-state index in [0.717, 1.165) is 41.2 Å². The second-order valence-corrected chi connectivity index (χ2v) is 14.1. The Morgan fingerprint density at radius 3 is 2.40 bits per heavy atom. The summed E-state index contributed by atoms with van der Waals surface area (Å²) in [5.74, 6) is -5.92. The van der Waals surface area contributed by atoms with Crippen LogP contribution in [-0.2, 0) is 27.2 Å². The molecule has 9 nitrogen and oxygen atoms in total. The van der Waals surface area contributed by atoms with Crippen molar-refractivity contribution in [3.8, 4) is 5.75 Å². The van der Waals surface area contributed by atoms with E-state index in [0.29, 0.717) is 55.4 Å². The molecule has 52 heavy (non-hydrogen) atoms.